The molecule has 7 nitrogen and oxygen atoms in total. The summed E-state index contributed by atoms with van der Waals surface area (Å²) in [6.45, 7) is 7.03. The van der Waals surface area contributed by atoms with Crippen LogP contribution in [0.5, 0.6) is 5.75 Å². The smallest absolute Gasteiger partial charge is 0.258 e. The van der Waals surface area contributed by atoms with Crippen LogP contribution in [-0.4, -0.2) is 58.1 Å². The number of benzene rings is 2. The Morgan fingerprint density at radius 3 is 2.42 bits per heavy atom. The number of aryl methyl sites for hydroxylation is 1. The third-order valence-electron chi connectivity index (χ3n) is 5.98. The first kappa shape index (κ1) is 21.0. The van der Waals surface area contributed by atoms with Crippen molar-refractivity contribution < 1.29 is 9.53 Å². The minimum atomic E-state index is 0.0156. The van der Waals surface area contributed by atoms with Gasteiger partial charge in [-0.15, -0.1) is 0 Å². The van der Waals surface area contributed by atoms with Crippen LogP contribution in [0.15, 0.2) is 67.0 Å². The first-order valence-electron chi connectivity index (χ1n) is 11.3. The van der Waals surface area contributed by atoms with Gasteiger partial charge in [-0.3, -0.25) is 4.79 Å². The fourth-order valence-corrected chi connectivity index (χ4v) is 4.36. The summed E-state index contributed by atoms with van der Waals surface area (Å²) in [5.74, 6) is 3.12. The molecule has 1 aliphatic rings. The Bertz CT molecular complexity index is 1280. The highest BCUT2D eigenvalue weighted by Gasteiger charge is 2.27. The third-order valence-corrected chi connectivity index (χ3v) is 5.98. The van der Waals surface area contributed by atoms with E-state index >= 15 is 0 Å². The van der Waals surface area contributed by atoms with Gasteiger partial charge in [0.05, 0.1) is 12.2 Å². The Balaban J connectivity index is 1.37. The van der Waals surface area contributed by atoms with E-state index in [2.05, 4.69) is 14.9 Å². The molecule has 2 aromatic carbocycles. The van der Waals surface area contributed by atoms with E-state index in [1.807, 2.05) is 90.3 Å². The lowest BCUT2D eigenvalue weighted by molar-refractivity contribution is 0.0744. The molecular weight excluding hydrogens is 414 g/mol. The zero-order valence-corrected chi connectivity index (χ0v) is 18.9. The molecule has 0 saturated carbocycles. The topological polar surface area (TPSA) is 63.5 Å². The Morgan fingerprint density at radius 1 is 0.939 bits per heavy atom. The van der Waals surface area contributed by atoms with Crippen molar-refractivity contribution in [2.45, 2.75) is 13.8 Å². The molecule has 0 bridgehead atoms. The molecule has 168 valence electrons. The summed E-state index contributed by atoms with van der Waals surface area (Å²) in [6, 6.07) is 17.8. The number of rotatable bonds is 5. The standard InChI is InChI=1S/C26H27N5O2/c1-3-33-22-11-10-20-8-4-5-9-21(20)25(22)26(32)31-16-14-30(15-17-31)24-18-23(27-19(2)28-24)29-12-6-7-13-29/h4-13,18H,3,14-17H2,1-2H3. The predicted octanol–water partition coefficient (Wildman–Crippen LogP) is 4.09. The Hall–Kier alpha value is -3.87. The highest BCUT2D eigenvalue weighted by Crippen LogP contribution is 2.30. The Kier molecular flexibility index (Phi) is 5.69. The average molecular weight is 442 g/mol. The number of fused-ring (bicyclic) bond motifs is 1. The van der Waals surface area contributed by atoms with Crippen LogP contribution in [0.3, 0.4) is 0 Å². The number of nitrogens with zero attached hydrogens (tertiary/aromatic N) is 5. The van der Waals surface area contributed by atoms with Crippen LogP contribution in [0.1, 0.15) is 23.1 Å². The van der Waals surface area contributed by atoms with Gasteiger partial charge in [-0.25, -0.2) is 9.97 Å². The van der Waals surface area contributed by atoms with Gasteiger partial charge in [0.1, 0.15) is 23.2 Å². The van der Waals surface area contributed by atoms with E-state index in [1.165, 1.54) is 0 Å². The molecule has 0 N–H and O–H groups in total. The van der Waals surface area contributed by atoms with Crippen LogP contribution < -0.4 is 9.64 Å². The molecule has 0 atom stereocenters. The van der Waals surface area contributed by atoms with Gasteiger partial charge in [0, 0.05) is 44.6 Å². The normalized spacial score (nSPS) is 14.0. The van der Waals surface area contributed by atoms with Crippen LogP contribution in [-0.2, 0) is 0 Å². The van der Waals surface area contributed by atoms with Crippen LogP contribution in [0, 0.1) is 6.92 Å². The number of carbonyl (C=O) groups excluding carboxylic acids is 1. The fraction of sp³-hybridized carbons (Fsp3) is 0.269. The molecule has 2 aromatic heterocycles. The van der Waals surface area contributed by atoms with E-state index in [0.29, 0.717) is 44.1 Å². The maximum absolute atomic E-state index is 13.6. The van der Waals surface area contributed by atoms with Crippen LogP contribution >= 0.6 is 0 Å². The number of piperazine rings is 1. The van der Waals surface area contributed by atoms with E-state index in [1.54, 1.807) is 0 Å². The first-order chi connectivity index (χ1) is 16.1. The van der Waals surface area contributed by atoms with E-state index in [-0.39, 0.29) is 5.91 Å². The summed E-state index contributed by atoms with van der Waals surface area (Å²) in [5.41, 5.74) is 0.649. The molecule has 0 aliphatic carbocycles. The van der Waals surface area contributed by atoms with Gasteiger partial charge >= 0.3 is 0 Å². The molecule has 7 heteroatoms. The molecule has 1 amide bonds. The second-order valence-electron chi connectivity index (χ2n) is 8.09. The molecule has 33 heavy (non-hydrogen) atoms. The number of hydrogen-bond acceptors (Lipinski definition) is 5. The summed E-state index contributed by atoms with van der Waals surface area (Å²) in [7, 11) is 0. The molecular formula is C26H27N5O2. The van der Waals surface area contributed by atoms with Crippen LogP contribution in [0.2, 0.25) is 0 Å². The lowest BCUT2D eigenvalue weighted by atomic mass is 10.0. The third kappa shape index (κ3) is 4.14. The summed E-state index contributed by atoms with van der Waals surface area (Å²) in [5, 5.41) is 1.97. The number of aromatic nitrogens is 3. The molecule has 1 fully saturated rings. The Morgan fingerprint density at radius 2 is 1.67 bits per heavy atom. The van der Waals surface area contributed by atoms with Crippen molar-refractivity contribution in [2.24, 2.45) is 0 Å². The van der Waals surface area contributed by atoms with Gasteiger partial charge in [-0.2, -0.15) is 0 Å². The van der Waals surface area contributed by atoms with Gasteiger partial charge in [-0.05, 0) is 42.8 Å². The quantitative estimate of drug-likeness (QED) is 0.467. The Labute approximate surface area is 193 Å². The lowest BCUT2D eigenvalue weighted by Crippen LogP contribution is -2.49. The van der Waals surface area contributed by atoms with Gasteiger partial charge in [0.2, 0.25) is 0 Å². The van der Waals surface area contributed by atoms with Gasteiger partial charge in [-0.1, -0.05) is 30.3 Å². The van der Waals surface area contributed by atoms with Crippen molar-refractivity contribution >= 4 is 22.5 Å². The van der Waals surface area contributed by atoms with Crippen LogP contribution in [0.4, 0.5) is 5.82 Å². The summed E-state index contributed by atoms with van der Waals surface area (Å²) < 4.78 is 7.81. The maximum atomic E-state index is 13.6. The number of anilines is 1. The molecule has 5 rings (SSSR count). The van der Waals surface area contributed by atoms with Gasteiger partial charge in [0.25, 0.3) is 5.91 Å². The minimum absolute atomic E-state index is 0.0156. The second-order valence-corrected chi connectivity index (χ2v) is 8.09. The van der Waals surface area contributed by atoms with Crippen molar-refractivity contribution in [1.82, 2.24) is 19.4 Å². The maximum Gasteiger partial charge on any atom is 0.258 e. The molecule has 0 spiro atoms. The van der Waals surface area contributed by atoms with Crippen molar-refractivity contribution in [3.8, 4) is 11.6 Å². The predicted molar refractivity (Wildman–Crippen MR) is 129 cm³/mol. The zero-order chi connectivity index (χ0) is 22.8. The van der Waals surface area contributed by atoms with Crippen molar-refractivity contribution in [2.75, 3.05) is 37.7 Å². The first-order valence-corrected chi connectivity index (χ1v) is 11.3. The molecule has 4 aromatic rings. The van der Waals surface area contributed by atoms with E-state index in [4.69, 9.17) is 4.74 Å². The molecule has 3 heterocycles. The van der Waals surface area contributed by atoms with Crippen molar-refractivity contribution in [1.29, 1.82) is 0 Å². The van der Waals surface area contributed by atoms with Gasteiger partial charge in [0.15, 0.2) is 0 Å². The summed E-state index contributed by atoms with van der Waals surface area (Å²) >= 11 is 0. The highest BCUT2D eigenvalue weighted by molar-refractivity contribution is 6.09. The van der Waals surface area contributed by atoms with E-state index < -0.39 is 0 Å². The van der Waals surface area contributed by atoms with E-state index in [9.17, 15) is 4.79 Å². The fourth-order valence-electron chi connectivity index (χ4n) is 4.36. The van der Waals surface area contributed by atoms with Crippen LogP contribution in [0.25, 0.3) is 16.6 Å². The molecule has 0 unspecified atom stereocenters. The van der Waals surface area contributed by atoms with E-state index in [0.717, 1.165) is 28.2 Å². The highest BCUT2D eigenvalue weighted by atomic mass is 16.5. The average Bonchev–Trinajstić information content (AvgIpc) is 3.39. The van der Waals surface area contributed by atoms with Gasteiger partial charge < -0.3 is 19.1 Å². The van der Waals surface area contributed by atoms with Crippen molar-refractivity contribution in [3.63, 3.8) is 0 Å². The monoisotopic (exact) mass is 441 g/mol. The SMILES string of the molecule is CCOc1ccc2ccccc2c1C(=O)N1CCN(c2cc(-n3cccc3)nc(C)n2)CC1. The summed E-state index contributed by atoms with van der Waals surface area (Å²) in [6.07, 6.45) is 3.95. The number of amides is 1. The second kappa shape index (κ2) is 8.94. The molecule has 1 saturated heterocycles. The van der Waals surface area contributed by atoms with Crippen molar-refractivity contribution in [3.05, 3.63) is 78.4 Å². The lowest BCUT2D eigenvalue weighted by Gasteiger charge is -2.36. The minimum Gasteiger partial charge on any atom is -0.493 e. The molecule has 0 radical (unpaired) electrons. The number of carbonyl (C=O) groups is 1. The largest absolute Gasteiger partial charge is 0.493 e. The number of hydrogen-bond donors (Lipinski definition) is 0. The number of ether oxygens (including phenoxy) is 1. The molecule has 1 aliphatic heterocycles. The summed E-state index contributed by atoms with van der Waals surface area (Å²) in [4.78, 5) is 27.0. The zero-order valence-electron chi connectivity index (χ0n) is 18.9.